The standard InChI is InChI=1S/C9H8IN/c10-9-3-1-2-7-6-11-5-4-8(7)9/h1-5,11H,6H2. The molecule has 0 spiro atoms. The predicted octanol–water partition coefficient (Wildman–Crippen LogP) is 2.37. The number of fused-ring (bicyclic) bond motifs is 1. The molecular weight excluding hydrogens is 249 g/mol. The van der Waals surface area contributed by atoms with Gasteiger partial charge in [-0.1, -0.05) is 12.1 Å². The minimum absolute atomic E-state index is 0.961. The highest BCUT2D eigenvalue weighted by atomic mass is 127. The van der Waals surface area contributed by atoms with Gasteiger partial charge < -0.3 is 5.32 Å². The second kappa shape index (κ2) is 2.85. The van der Waals surface area contributed by atoms with Crippen molar-refractivity contribution in [1.82, 2.24) is 5.32 Å². The molecule has 0 aliphatic carbocycles. The van der Waals surface area contributed by atoms with Crippen LogP contribution in [0.4, 0.5) is 0 Å². The van der Waals surface area contributed by atoms with Gasteiger partial charge in [-0.25, -0.2) is 0 Å². The molecule has 0 fully saturated rings. The molecule has 1 N–H and O–H groups in total. The lowest BCUT2D eigenvalue weighted by molar-refractivity contribution is 0.857. The van der Waals surface area contributed by atoms with Gasteiger partial charge in [-0.15, -0.1) is 0 Å². The lowest BCUT2D eigenvalue weighted by atomic mass is 10.1. The van der Waals surface area contributed by atoms with Crippen molar-refractivity contribution < 1.29 is 0 Å². The van der Waals surface area contributed by atoms with Gasteiger partial charge in [0.2, 0.25) is 0 Å². The smallest absolute Gasteiger partial charge is 0.0401 e. The molecule has 56 valence electrons. The average Bonchev–Trinajstić information content (AvgIpc) is 2.06. The predicted molar refractivity (Wildman–Crippen MR) is 55.0 cm³/mol. The third-order valence-corrected chi connectivity index (χ3v) is 2.74. The third kappa shape index (κ3) is 1.27. The van der Waals surface area contributed by atoms with E-state index in [2.05, 4.69) is 52.2 Å². The highest BCUT2D eigenvalue weighted by Gasteiger charge is 2.04. The molecule has 1 aromatic rings. The fourth-order valence-corrected chi connectivity index (χ4v) is 1.97. The van der Waals surface area contributed by atoms with E-state index >= 15 is 0 Å². The topological polar surface area (TPSA) is 12.0 Å². The van der Waals surface area contributed by atoms with E-state index < -0.39 is 0 Å². The second-order valence-electron chi connectivity index (χ2n) is 2.53. The minimum atomic E-state index is 0.961. The molecule has 0 atom stereocenters. The molecule has 11 heavy (non-hydrogen) atoms. The molecular formula is C9H8IN. The summed E-state index contributed by atoms with van der Waals surface area (Å²) in [6, 6.07) is 6.39. The van der Waals surface area contributed by atoms with Crippen LogP contribution < -0.4 is 5.32 Å². The van der Waals surface area contributed by atoms with Crippen molar-refractivity contribution in [1.29, 1.82) is 0 Å². The Morgan fingerprint density at radius 2 is 2.27 bits per heavy atom. The highest BCUT2D eigenvalue weighted by Crippen LogP contribution is 2.20. The molecule has 2 heteroatoms. The maximum absolute atomic E-state index is 3.18. The summed E-state index contributed by atoms with van der Waals surface area (Å²) in [5.74, 6) is 0. The number of nitrogens with one attached hydrogen (secondary N) is 1. The van der Waals surface area contributed by atoms with Crippen molar-refractivity contribution in [3.63, 3.8) is 0 Å². The first-order valence-electron chi connectivity index (χ1n) is 3.55. The normalized spacial score (nSPS) is 13.9. The van der Waals surface area contributed by atoms with Crippen LogP contribution in [0.2, 0.25) is 0 Å². The summed E-state index contributed by atoms with van der Waals surface area (Å²) in [6.07, 6.45) is 4.13. The molecule has 0 aromatic heterocycles. The number of rotatable bonds is 0. The van der Waals surface area contributed by atoms with Gasteiger partial charge in [0, 0.05) is 10.1 Å². The zero-order chi connectivity index (χ0) is 7.68. The van der Waals surface area contributed by atoms with Gasteiger partial charge in [0.1, 0.15) is 0 Å². The van der Waals surface area contributed by atoms with E-state index in [1.165, 1.54) is 14.7 Å². The first-order valence-corrected chi connectivity index (χ1v) is 4.63. The molecule has 0 amide bonds. The first kappa shape index (κ1) is 7.16. The van der Waals surface area contributed by atoms with E-state index in [1.54, 1.807) is 0 Å². The van der Waals surface area contributed by atoms with E-state index in [1.807, 2.05) is 6.20 Å². The Kier molecular flexibility index (Phi) is 1.85. The van der Waals surface area contributed by atoms with Crippen molar-refractivity contribution in [2.75, 3.05) is 0 Å². The summed E-state index contributed by atoms with van der Waals surface area (Å²) in [5.41, 5.74) is 2.76. The zero-order valence-electron chi connectivity index (χ0n) is 5.97. The van der Waals surface area contributed by atoms with E-state index in [-0.39, 0.29) is 0 Å². The third-order valence-electron chi connectivity index (χ3n) is 1.80. The van der Waals surface area contributed by atoms with E-state index in [0.29, 0.717) is 0 Å². The maximum Gasteiger partial charge on any atom is 0.0401 e. The first-order chi connectivity index (χ1) is 5.38. The van der Waals surface area contributed by atoms with Gasteiger partial charge in [0.05, 0.1) is 0 Å². The average molecular weight is 257 g/mol. The SMILES string of the molecule is Ic1cccc2c1C=CNC2. The Morgan fingerprint density at radius 3 is 3.09 bits per heavy atom. The summed E-state index contributed by atoms with van der Waals surface area (Å²) in [4.78, 5) is 0. The highest BCUT2D eigenvalue weighted by molar-refractivity contribution is 14.1. The summed E-state index contributed by atoms with van der Waals surface area (Å²) in [5, 5.41) is 3.18. The van der Waals surface area contributed by atoms with Crippen molar-refractivity contribution in [3.05, 3.63) is 39.1 Å². The molecule has 0 radical (unpaired) electrons. The van der Waals surface area contributed by atoms with Crippen LogP contribution in [0.3, 0.4) is 0 Å². The number of halogens is 1. The maximum atomic E-state index is 3.18. The van der Waals surface area contributed by atoms with Gasteiger partial charge in [0.15, 0.2) is 0 Å². The van der Waals surface area contributed by atoms with Gasteiger partial charge >= 0.3 is 0 Å². The van der Waals surface area contributed by atoms with Crippen molar-refractivity contribution in [2.45, 2.75) is 6.54 Å². The van der Waals surface area contributed by atoms with Crippen LogP contribution in [0, 0.1) is 3.57 Å². The quantitative estimate of drug-likeness (QED) is 0.703. The van der Waals surface area contributed by atoms with Crippen LogP contribution >= 0.6 is 22.6 Å². The van der Waals surface area contributed by atoms with E-state index in [4.69, 9.17) is 0 Å². The van der Waals surface area contributed by atoms with E-state index in [0.717, 1.165) is 6.54 Å². The molecule has 1 nitrogen and oxygen atoms in total. The Bertz CT molecular complexity index is 304. The fraction of sp³-hybridized carbons (Fsp3) is 0.111. The summed E-state index contributed by atoms with van der Waals surface area (Å²) >= 11 is 2.36. The molecule has 2 rings (SSSR count). The summed E-state index contributed by atoms with van der Waals surface area (Å²) < 4.78 is 1.33. The number of hydrogen-bond donors (Lipinski definition) is 1. The molecule has 0 saturated carbocycles. The van der Waals surface area contributed by atoms with Crippen LogP contribution in [0.15, 0.2) is 24.4 Å². The zero-order valence-corrected chi connectivity index (χ0v) is 8.13. The van der Waals surface area contributed by atoms with Crippen LogP contribution in [0.1, 0.15) is 11.1 Å². The second-order valence-corrected chi connectivity index (χ2v) is 3.69. The Balaban J connectivity index is 2.60. The largest absolute Gasteiger partial charge is 0.387 e. The van der Waals surface area contributed by atoms with Crippen molar-refractivity contribution >= 4 is 28.7 Å². The molecule has 1 aliphatic rings. The molecule has 1 heterocycles. The van der Waals surface area contributed by atoms with Crippen molar-refractivity contribution in [3.8, 4) is 0 Å². The Morgan fingerprint density at radius 1 is 1.36 bits per heavy atom. The molecule has 0 bridgehead atoms. The lowest BCUT2D eigenvalue weighted by Crippen LogP contribution is -2.10. The molecule has 0 unspecified atom stereocenters. The Labute approximate surface area is 79.6 Å². The number of hydrogen-bond acceptors (Lipinski definition) is 1. The lowest BCUT2D eigenvalue weighted by Gasteiger charge is -2.12. The van der Waals surface area contributed by atoms with Crippen LogP contribution in [0.5, 0.6) is 0 Å². The van der Waals surface area contributed by atoms with Crippen LogP contribution in [-0.4, -0.2) is 0 Å². The van der Waals surface area contributed by atoms with Gasteiger partial charge in [0.25, 0.3) is 0 Å². The Hall–Kier alpha value is -0.510. The van der Waals surface area contributed by atoms with Gasteiger partial charge in [-0.05, 0) is 52.1 Å². The molecule has 1 aromatic carbocycles. The van der Waals surface area contributed by atoms with Crippen molar-refractivity contribution in [2.24, 2.45) is 0 Å². The van der Waals surface area contributed by atoms with Gasteiger partial charge in [-0.2, -0.15) is 0 Å². The minimum Gasteiger partial charge on any atom is -0.387 e. The molecule has 1 aliphatic heterocycles. The van der Waals surface area contributed by atoms with Crippen LogP contribution in [-0.2, 0) is 6.54 Å². The van der Waals surface area contributed by atoms with Gasteiger partial charge in [-0.3, -0.25) is 0 Å². The number of benzene rings is 1. The monoisotopic (exact) mass is 257 g/mol. The summed E-state index contributed by atoms with van der Waals surface area (Å²) in [6.45, 7) is 0.961. The molecule has 0 saturated heterocycles. The summed E-state index contributed by atoms with van der Waals surface area (Å²) in [7, 11) is 0. The fourth-order valence-electron chi connectivity index (χ4n) is 1.23. The van der Waals surface area contributed by atoms with E-state index in [9.17, 15) is 0 Å². The van der Waals surface area contributed by atoms with Crippen LogP contribution in [0.25, 0.3) is 6.08 Å².